The molecule has 0 aromatic carbocycles. The number of carbonyl (C=O) groups excluding carboxylic acids is 1. The zero-order chi connectivity index (χ0) is 22.2. The number of hydrogen-bond donors (Lipinski definition) is 1. The van der Waals surface area contributed by atoms with E-state index in [1.165, 1.54) is 39.6 Å². The highest BCUT2D eigenvalue weighted by molar-refractivity contribution is 7.19. The van der Waals surface area contributed by atoms with Gasteiger partial charge in [-0.05, 0) is 29.5 Å². The topological polar surface area (TPSA) is 85.6 Å². The molecule has 7 nitrogen and oxygen atoms in total. The second-order valence-corrected chi connectivity index (χ2v) is 8.55. The third-order valence-corrected chi connectivity index (χ3v) is 5.87. The van der Waals surface area contributed by atoms with Crippen molar-refractivity contribution in [3.63, 3.8) is 0 Å². The van der Waals surface area contributed by atoms with Gasteiger partial charge in [-0.1, -0.05) is 25.2 Å². The molecule has 0 aliphatic carbocycles. The molecule has 31 heavy (non-hydrogen) atoms. The maximum atomic E-state index is 12.9. The number of carbonyl (C=O) groups is 1. The lowest BCUT2D eigenvalue weighted by Crippen LogP contribution is -2.16. The molecular formula is C19H15F3N6OS2. The van der Waals surface area contributed by atoms with E-state index in [1.807, 2.05) is 30.7 Å². The van der Waals surface area contributed by atoms with E-state index >= 15 is 0 Å². The summed E-state index contributed by atoms with van der Waals surface area (Å²) < 4.78 is 39.8. The Balaban J connectivity index is 1.61. The van der Waals surface area contributed by atoms with Crippen LogP contribution in [-0.4, -0.2) is 30.9 Å². The maximum absolute atomic E-state index is 12.9. The number of aromatic nitrogens is 5. The van der Waals surface area contributed by atoms with Gasteiger partial charge in [0.15, 0.2) is 5.82 Å². The van der Waals surface area contributed by atoms with Crippen molar-refractivity contribution in [2.24, 2.45) is 0 Å². The van der Waals surface area contributed by atoms with Gasteiger partial charge in [0.1, 0.15) is 5.01 Å². The Kier molecular flexibility index (Phi) is 5.58. The van der Waals surface area contributed by atoms with Crippen molar-refractivity contribution >= 4 is 33.7 Å². The number of thiophene rings is 1. The zero-order valence-corrected chi connectivity index (χ0v) is 17.8. The number of pyridine rings is 1. The molecule has 4 rings (SSSR count). The van der Waals surface area contributed by atoms with Crippen LogP contribution < -0.4 is 5.32 Å². The third kappa shape index (κ3) is 4.35. The van der Waals surface area contributed by atoms with E-state index in [1.54, 1.807) is 0 Å². The normalized spacial score (nSPS) is 11.8. The average molecular weight is 464 g/mol. The molecule has 0 bridgehead atoms. The minimum Gasteiger partial charge on any atom is -0.296 e. The van der Waals surface area contributed by atoms with Gasteiger partial charge in [-0.25, -0.2) is 9.67 Å². The molecule has 0 radical (unpaired) electrons. The summed E-state index contributed by atoms with van der Waals surface area (Å²) in [4.78, 5) is 16.7. The lowest BCUT2D eigenvalue weighted by molar-refractivity contribution is -0.137. The van der Waals surface area contributed by atoms with Crippen LogP contribution in [0.2, 0.25) is 0 Å². The van der Waals surface area contributed by atoms with Crippen LogP contribution in [0, 0.1) is 0 Å². The molecule has 4 heterocycles. The monoisotopic (exact) mass is 464 g/mol. The molecular weight excluding hydrogens is 449 g/mol. The zero-order valence-electron chi connectivity index (χ0n) is 16.2. The highest BCUT2D eigenvalue weighted by atomic mass is 32.1. The largest absolute Gasteiger partial charge is 0.417 e. The Morgan fingerprint density at radius 1 is 1.16 bits per heavy atom. The van der Waals surface area contributed by atoms with Gasteiger partial charge in [0.25, 0.3) is 5.91 Å². The van der Waals surface area contributed by atoms with Crippen molar-refractivity contribution in [2.75, 3.05) is 5.32 Å². The first-order chi connectivity index (χ1) is 14.7. The molecule has 1 amide bonds. The minimum atomic E-state index is -4.48. The fourth-order valence-corrected chi connectivity index (χ4v) is 4.34. The Hall–Kier alpha value is -3.12. The van der Waals surface area contributed by atoms with Gasteiger partial charge >= 0.3 is 6.18 Å². The number of amides is 1. The van der Waals surface area contributed by atoms with Crippen LogP contribution in [0.4, 0.5) is 18.3 Å². The predicted octanol–water partition coefficient (Wildman–Crippen LogP) is 5.24. The van der Waals surface area contributed by atoms with Crippen molar-refractivity contribution in [3.8, 4) is 16.4 Å². The molecule has 0 aliphatic heterocycles. The van der Waals surface area contributed by atoms with Crippen LogP contribution in [0.3, 0.4) is 0 Å². The van der Waals surface area contributed by atoms with Gasteiger partial charge in [0, 0.05) is 17.1 Å². The summed E-state index contributed by atoms with van der Waals surface area (Å²) in [5.74, 6) is -0.399. The smallest absolute Gasteiger partial charge is 0.296 e. The standard InChI is InChI=1S/C19H15F3N6OS2/c1-10(2)15-13(8-24-28(15)14-4-3-12(7-23-14)19(20,21)22)16(29)25-18-27-26-17(31-18)11-5-6-30-9-11/h3-10H,1-2H3,(H,25,27,29). The Bertz CT molecular complexity index is 1200. The van der Waals surface area contributed by atoms with Gasteiger partial charge < -0.3 is 0 Å². The molecule has 160 valence electrons. The van der Waals surface area contributed by atoms with E-state index in [9.17, 15) is 18.0 Å². The molecule has 4 aromatic rings. The van der Waals surface area contributed by atoms with Crippen molar-refractivity contribution in [3.05, 3.63) is 58.2 Å². The SMILES string of the molecule is CC(C)c1c(C(=O)Nc2nnc(-c3ccsc3)s2)cnn1-c1ccc(C(F)(F)F)cn1. The van der Waals surface area contributed by atoms with Gasteiger partial charge in [0.05, 0.1) is 23.0 Å². The van der Waals surface area contributed by atoms with Crippen molar-refractivity contribution in [2.45, 2.75) is 25.9 Å². The first-order valence-corrected chi connectivity index (χ1v) is 10.8. The maximum Gasteiger partial charge on any atom is 0.417 e. The number of hydrogen-bond acceptors (Lipinski definition) is 7. The summed E-state index contributed by atoms with van der Waals surface area (Å²) in [6, 6.07) is 4.07. The first-order valence-electron chi connectivity index (χ1n) is 9.03. The number of nitrogens with zero attached hydrogens (tertiary/aromatic N) is 5. The van der Waals surface area contributed by atoms with E-state index in [2.05, 4.69) is 25.6 Å². The lowest BCUT2D eigenvalue weighted by atomic mass is 10.1. The summed E-state index contributed by atoms with van der Waals surface area (Å²) >= 11 is 2.78. The fourth-order valence-electron chi connectivity index (χ4n) is 2.89. The second kappa shape index (κ2) is 8.19. The molecule has 0 aliphatic rings. The van der Waals surface area contributed by atoms with Crippen LogP contribution in [0.25, 0.3) is 16.4 Å². The van der Waals surface area contributed by atoms with Crippen LogP contribution in [-0.2, 0) is 6.18 Å². The summed E-state index contributed by atoms with van der Waals surface area (Å²) in [6.45, 7) is 3.71. The van der Waals surface area contributed by atoms with E-state index < -0.39 is 17.6 Å². The second-order valence-electron chi connectivity index (χ2n) is 6.79. The van der Waals surface area contributed by atoms with Crippen LogP contribution >= 0.6 is 22.7 Å². The van der Waals surface area contributed by atoms with E-state index in [0.717, 1.165) is 17.8 Å². The lowest BCUT2D eigenvalue weighted by Gasteiger charge is -2.12. The number of anilines is 1. The van der Waals surface area contributed by atoms with E-state index in [-0.39, 0.29) is 17.3 Å². The molecule has 1 N–H and O–H groups in total. The van der Waals surface area contributed by atoms with E-state index in [4.69, 9.17) is 0 Å². The third-order valence-electron chi connectivity index (χ3n) is 4.30. The molecule has 0 fully saturated rings. The molecule has 0 saturated carbocycles. The van der Waals surface area contributed by atoms with E-state index in [0.29, 0.717) is 15.8 Å². The van der Waals surface area contributed by atoms with Crippen LogP contribution in [0.15, 0.2) is 41.4 Å². The molecule has 0 saturated heterocycles. The van der Waals surface area contributed by atoms with Crippen molar-refractivity contribution < 1.29 is 18.0 Å². The summed E-state index contributed by atoms with van der Waals surface area (Å²) in [5.41, 5.74) is 0.869. The summed E-state index contributed by atoms with van der Waals surface area (Å²) in [6.07, 6.45) is -2.37. The Labute approximate surface area is 182 Å². The molecule has 0 spiro atoms. The highest BCUT2D eigenvalue weighted by Gasteiger charge is 2.31. The quantitative estimate of drug-likeness (QED) is 0.437. The number of alkyl halides is 3. The van der Waals surface area contributed by atoms with Crippen molar-refractivity contribution in [1.82, 2.24) is 25.0 Å². The molecule has 4 aromatic heterocycles. The Morgan fingerprint density at radius 2 is 1.97 bits per heavy atom. The highest BCUT2D eigenvalue weighted by Crippen LogP contribution is 2.31. The van der Waals surface area contributed by atoms with Crippen molar-refractivity contribution in [1.29, 1.82) is 0 Å². The molecule has 0 atom stereocenters. The Morgan fingerprint density at radius 3 is 2.58 bits per heavy atom. The first kappa shape index (κ1) is 21.1. The van der Waals surface area contributed by atoms with Gasteiger partial charge in [-0.15, -0.1) is 10.2 Å². The number of halogens is 3. The summed E-state index contributed by atoms with van der Waals surface area (Å²) in [7, 11) is 0. The number of rotatable bonds is 5. The van der Waals surface area contributed by atoms with Gasteiger partial charge in [0.2, 0.25) is 5.13 Å². The number of nitrogens with one attached hydrogen (secondary N) is 1. The van der Waals surface area contributed by atoms with Gasteiger partial charge in [-0.2, -0.15) is 29.6 Å². The molecule has 0 unspecified atom stereocenters. The fraction of sp³-hybridized carbons (Fsp3) is 0.211. The average Bonchev–Trinajstić information content (AvgIpc) is 3.47. The predicted molar refractivity (Wildman–Crippen MR) is 112 cm³/mol. The molecule has 12 heteroatoms. The minimum absolute atomic E-state index is 0.150. The van der Waals surface area contributed by atoms with Crippen LogP contribution in [0.1, 0.15) is 41.4 Å². The van der Waals surface area contributed by atoms with Crippen LogP contribution in [0.5, 0.6) is 0 Å². The van der Waals surface area contributed by atoms with Gasteiger partial charge in [-0.3, -0.25) is 10.1 Å². The summed E-state index contributed by atoms with van der Waals surface area (Å²) in [5, 5.41) is 19.9.